The monoisotopic (exact) mass is 350 g/mol. The predicted octanol–water partition coefficient (Wildman–Crippen LogP) is 3.52. The third-order valence-electron chi connectivity index (χ3n) is 4.72. The number of aromatic nitrogens is 3. The van der Waals surface area contributed by atoms with Gasteiger partial charge in [0.1, 0.15) is 11.4 Å². The maximum atomic E-state index is 5.91. The van der Waals surface area contributed by atoms with Crippen molar-refractivity contribution < 1.29 is 9.15 Å². The van der Waals surface area contributed by atoms with Gasteiger partial charge in [0.2, 0.25) is 5.89 Å². The maximum absolute atomic E-state index is 5.91. The van der Waals surface area contributed by atoms with Gasteiger partial charge in [-0.15, -0.1) is 10.2 Å². The molecule has 4 rings (SSSR count). The Morgan fingerprint density at radius 3 is 3.00 bits per heavy atom. The average molecular weight is 350 g/mol. The molecule has 1 aliphatic heterocycles. The Morgan fingerprint density at radius 1 is 1.19 bits per heavy atom. The van der Waals surface area contributed by atoms with E-state index < -0.39 is 0 Å². The standard InChI is InChI=1S/C20H22N4O2/c1-25-17-8-4-6-15(12-17)13-24-11-5-7-16(14-24)19-22-23-20(26-19)18-9-2-3-10-21-18/h2-4,6,8-10,12,16H,5,7,11,13-14H2,1H3. The number of likely N-dealkylation sites (tertiary alicyclic amines) is 1. The largest absolute Gasteiger partial charge is 0.497 e. The van der Waals surface area contributed by atoms with Crippen LogP contribution in [0.4, 0.5) is 0 Å². The lowest BCUT2D eigenvalue weighted by molar-refractivity contribution is 0.186. The number of piperidine rings is 1. The van der Waals surface area contributed by atoms with Gasteiger partial charge in [0, 0.05) is 19.3 Å². The summed E-state index contributed by atoms with van der Waals surface area (Å²) < 4.78 is 11.2. The SMILES string of the molecule is COc1cccc(CN2CCCC(c3nnc(-c4ccccn4)o3)C2)c1. The summed E-state index contributed by atoms with van der Waals surface area (Å²) in [5.41, 5.74) is 1.97. The van der Waals surface area contributed by atoms with Crippen LogP contribution in [-0.4, -0.2) is 40.3 Å². The molecule has 1 aromatic carbocycles. The van der Waals surface area contributed by atoms with E-state index >= 15 is 0 Å². The van der Waals surface area contributed by atoms with Crippen LogP contribution in [-0.2, 0) is 6.54 Å². The van der Waals surface area contributed by atoms with Crippen molar-refractivity contribution in [1.82, 2.24) is 20.1 Å². The zero-order valence-corrected chi connectivity index (χ0v) is 14.8. The van der Waals surface area contributed by atoms with E-state index in [2.05, 4.69) is 32.2 Å². The Labute approximate surface area is 152 Å². The first kappa shape index (κ1) is 16.7. The number of ether oxygens (including phenoxy) is 1. The van der Waals surface area contributed by atoms with E-state index in [9.17, 15) is 0 Å². The predicted molar refractivity (Wildman–Crippen MR) is 97.8 cm³/mol. The topological polar surface area (TPSA) is 64.3 Å². The molecule has 3 heterocycles. The lowest BCUT2D eigenvalue weighted by Crippen LogP contribution is -2.34. The fourth-order valence-electron chi connectivity index (χ4n) is 3.42. The maximum Gasteiger partial charge on any atom is 0.266 e. The van der Waals surface area contributed by atoms with Gasteiger partial charge in [0.15, 0.2) is 0 Å². The molecule has 1 atom stereocenters. The summed E-state index contributed by atoms with van der Waals surface area (Å²) in [6, 6.07) is 13.9. The van der Waals surface area contributed by atoms with Crippen LogP contribution in [0.15, 0.2) is 53.1 Å². The van der Waals surface area contributed by atoms with Gasteiger partial charge in [-0.05, 0) is 49.2 Å². The molecule has 1 fully saturated rings. The molecule has 2 aromatic heterocycles. The second-order valence-electron chi connectivity index (χ2n) is 6.59. The summed E-state index contributed by atoms with van der Waals surface area (Å²) in [5.74, 6) is 2.36. The number of methoxy groups -OCH3 is 1. The zero-order chi connectivity index (χ0) is 17.8. The highest BCUT2D eigenvalue weighted by Crippen LogP contribution is 2.29. The summed E-state index contributed by atoms with van der Waals surface area (Å²) in [6.45, 7) is 2.89. The highest BCUT2D eigenvalue weighted by molar-refractivity contribution is 5.45. The third-order valence-corrected chi connectivity index (χ3v) is 4.72. The molecule has 6 heteroatoms. The summed E-state index contributed by atoms with van der Waals surface area (Å²) in [5, 5.41) is 8.46. The van der Waals surface area contributed by atoms with Gasteiger partial charge >= 0.3 is 0 Å². The number of hydrogen-bond donors (Lipinski definition) is 0. The van der Waals surface area contributed by atoms with E-state index in [1.54, 1.807) is 13.3 Å². The highest BCUT2D eigenvalue weighted by atomic mass is 16.5. The summed E-state index contributed by atoms with van der Waals surface area (Å²) in [6.07, 6.45) is 3.92. The lowest BCUT2D eigenvalue weighted by Gasteiger charge is -2.31. The van der Waals surface area contributed by atoms with Gasteiger partial charge in [0.05, 0.1) is 13.0 Å². The van der Waals surface area contributed by atoms with Gasteiger partial charge in [-0.2, -0.15) is 0 Å². The van der Waals surface area contributed by atoms with Crippen molar-refractivity contribution in [3.05, 3.63) is 60.1 Å². The minimum Gasteiger partial charge on any atom is -0.497 e. The average Bonchev–Trinajstić information content (AvgIpc) is 3.19. The van der Waals surface area contributed by atoms with Gasteiger partial charge in [-0.3, -0.25) is 9.88 Å². The number of hydrogen-bond acceptors (Lipinski definition) is 6. The minimum absolute atomic E-state index is 0.263. The van der Waals surface area contributed by atoms with Crippen molar-refractivity contribution in [2.24, 2.45) is 0 Å². The minimum atomic E-state index is 0.263. The molecule has 0 N–H and O–H groups in total. The smallest absolute Gasteiger partial charge is 0.266 e. The van der Waals surface area contributed by atoms with Crippen molar-refractivity contribution in [3.63, 3.8) is 0 Å². The van der Waals surface area contributed by atoms with Crippen LogP contribution in [0.1, 0.15) is 30.2 Å². The van der Waals surface area contributed by atoms with E-state index in [1.807, 2.05) is 30.3 Å². The van der Waals surface area contributed by atoms with Gasteiger partial charge < -0.3 is 9.15 Å². The molecule has 3 aromatic rings. The molecule has 0 amide bonds. The number of pyridine rings is 1. The molecule has 26 heavy (non-hydrogen) atoms. The van der Waals surface area contributed by atoms with Crippen LogP contribution < -0.4 is 4.74 Å². The van der Waals surface area contributed by atoms with E-state index in [1.165, 1.54) is 5.56 Å². The molecule has 1 saturated heterocycles. The molecule has 134 valence electrons. The van der Waals surface area contributed by atoms with Crippen LogP contribution in [0.3, 0.4) is 0 Å². The fourth-order valence-corrected chi connectivity index (χ4v) is 3.42. The van der Waals surface area contributed by atoms with Crippen LogP contribution in [0.25, 0.3) is 11.6 Å². The quantitative estimate of drug-likeness (QED) is 0.701. The molecule has 0 aliphatic carbocycles. The first-order valence-corrected chi connectivity index (χ1v) is 8.92. The highest BCUT2D eigenvalue weighted by Gasteiger charge is 2.26. The van der Waals surface area contributed by atoms with Crippen LogP contribution >= 0.6 is 0 Å². The summed E-state index contributed by atoms with van der Waals surface area (Å²) >= 11 is 0. The molecule has 1 unspecified atom stereocenters. The second kappa shape index (κ2) is 7.66. The molecular weight excluding hydrogens is 328 g/mol. The van der Waals surface area contributed by atoms with E-state index in [-0.39, 0.29) is 5.92 Å². The Hall–Kier alpha value is -2.73. The molecule has 0 bridgehead atoms. The normalized spacial score (nSPS) is 18.0. The van der Waals surface area contributed by atoms with E-state index in [4.69, 9.17) is 9.15 Å². The number of rotatable bonds is 5. The molecule has 0 spiro atoms. The van der Waals surface area contributed by atoms with E-state index in [0.29, 0.717) is 11.8 Å². The molecule has 1 aliphatic rings. The van der Waals surface area contributed by atoms with Crippen molar-refractivity contribution in [2.45, 2.75) is 25.3 Å². The Kier molecular flexibility index (Phi) is 4.93. The Balaban J connectivity index is 1.44. The van der Waals surface area contributed by atoms with Crippen molar-refractivity contribution in [3.8, 4) is 17.3 Å². The van der Waals surface area contributed by atoms with Crippen LogP contribution in [0.2, 0.25) is 0 Å². The first-order chi connectivity index (χ1) is 12.8. The Bertz CT molecular complexity index is 850. The van der Waals surface area contributed by atoms with Crippen molar-refractivity contribution in [2.75, 3.05) is 20.2 Å². The summed E-state index contributed by atoms with van der Waals surface area (Å²) in [7, 11) is 1.70. The lowest BCUT2D eigenvalue weighted by atomic mass is 9.97. The zero-order valence-electron chi connectivity index (χ0n) is 14.8. The second-order valence-corrected chi connectivity index (χ2v) is 6.59. The van der Waals surface area contributed by atoms with Crippen molar-refractivity contribution >= 4 is 0 Å². The van der Waals surface area contributed by atoms with Gasteiger partial charge in [-0.25, -0.2) is 0 Å². The van der Waals surface area contributed by atoms with Crippen LogP contribution in [0, 0.1) is 0 Å². The summed E-state index contributed by atoms with van der Waals surface area (Å²) in [4.78, 5) is 6.71. The molecular formula is C20H22N4O2. The molecule has 0 saturated carbocycles. The molecule has 0 radical (unpaired) electrons. The van der Waals surface area contributed by atoms with E-state index in [0.717, 1.165) is 43.9 Å². The number of benzene rings is 1. The van der Waals surface area contributed by atoms with Gasteiger partial charge in [0.25, 0.3) is 5.89 Å². The number of nitrogens with zero attached hydrogens (tertiary/aromatic N) is 4. The van der Waals surface area contributed by atoms with Crippen molar-refractivity contribution in [1.29, 1.82) is 0 Å². The first-order valence-electron chi connectivity index (χ1n) is 8.92. The molecule has 6 nitrogen and oxygen atoms in total. The van der Waals surface area contributed by atoms with Gasteiger partial charge in [-0.1, -0.05) is 18.2 Å². The van der Waals surface area contributed by atoms with Crippen LogP contribution in [0.5, 0.6) is 5.75 Å². The Morgan fingerprint density at radius 2 is 2.15 bits per heavy atom. The third kappa shape index (κ3) is 3.75. The fraction of sp³-hybridized carbons (Fsp3) is 0.350.